The first-order valence-corrected chi connectivity index (χ1v) is 8.96. The third-order valence-corrected chi connectivity index (χ3v) is 5.44. The van der Waals surface area contributed by atoms with Gasteiger partial charge >= 0.3 is 0 Å². The highest BCUT2D eigenvalue weighted by molar-refractivity contribution is 8.00. The Morgan fingerprint density at radius 2 is 2.00 bits per heavy atom. The number of hydrogen-bond acceptors (Lipinski definition) is 2. The van der Waals surface area contributed by atoms with Crippen molar-refractivity contribution < 1.29 is 4.74 Å². The quantitative estimate of drug-likeness (QED) is 0.635. The summed E-state index contributed by atoms with van der Waals surface area (Å²) in [6.07, 6.45) is 6.98. The zero-order valence-corrected chi connectivity index (χ0v) is 15.1. The van der Waals surface area contributed by atoms with E-state index in [4.69, 9.17) is 4.74 Å². The molecule has 1 saturated heterocycles. The molecule has 1 nitrogen and oxygen atoms in total. The van der Waals surface area contributed by atoms with Crippen LogP contribution >= 0.6 is 11.8 Å². The maximum absolute atomic E-state index is 6.18. The molecule has 0 amide bonds. The van der Waals surface area contributed by atoms with Crippen molar-refractivity contribution in [1.82, 2.24) is 0 Å². The summed E-state index contributed by atoms with van der Waals surface area (Å²) < 4.78 is 6.18. The molecule has 0 bridgehead atoms. The van der Waals surface area contributed by atoms with E-state index in [0.717, 1.165) is 18.6 Å². The Hall–Kier alpha value is -0.990. The van der Waals surface area contributed by atoms with E-state index in [1.807, 2.05) is 18.7 Å². The van der Waals surface area contributed by atoms with Crippen molar-refractivity contribution in [3.63, 3.8) is 0 Å². The predicted octanol–water partition coefficient (Wildman–Crippen LogP) is 5.79. The van der Waals surface area contributed by atoms with E-state index in [9.17, 15) is 0 Å². The lowest BCUT2D eigenvalue weighted by molar-refractivity contribution is -0.0317. The van der Waals surface area contributed by atoms with Crippen LogP contribution in [0.25, 0.3) is 0 Å². The van der Waals surface area contributed by atoms with Gasteiger partial charge in [0.1, 0.15) is 0 Å². The van der Waals surface area contributed by atoms with Crippen LogP contribution in [-0.4, -0.2) is 18.0 Å². The molecule has 22 heavy (non-hydrogen) atoms. The monoisotopic (exact) mass is 316 g/mol. The fraction of sp³-hybridized carbons (Fsp3) is 0.500. The number of hydrogen-bond donors (Lipinski definition) is 0. The van der Waals surface area contributed by atoms with Gasteiger partial charge in [-0.1, -0.05) is 55.8 Å². The average molecular weight is 317 g/mol. The first-order valence-electron chi connectivity index (χ1n) is 8.08. The van der Waals surface area contributed by atoms with Gasteiger partial charge in [-0.25, -0.2) is 0 Å². The topological polar surface area (TPSA) is 9.23 Å². The zero-order chi connectivity index (χ0) is 16.2. The van der Waals surface area contributed by atoms with E-state index in [0.29, 0.717) is 5.25 Å². The number of ether oxygens (including phenoxy) is 1. The molecule has 2 rings (SSSR count). The fourth-order valence-corrected chi connectivity index (χ4v) is 4.29. The summed E-state index contributed by atoms with van der Waals surface area (Å²) in [5.74, 6) is 0. The molecule has 0 unspecified atom stereocenters. The van der Waals surface area contributed by atoms with Crippen molar-refractivity contribution in [3.8, 4) is 0 Å². The summed E-state index contributed by atoms with van der Waals surface area (Å²) in [4.78, 5) is 1.34. The van der Waals surface area contributed by atoms with E-state index in [1.165, 1.54) is 16.9 Å². The third kappa shape index (κ3) is 4.76. The Bertz CT molecular complexity index is 527. The van der Waals surface area contributed by atoms with Crippen LogP contribution in [0, 0.1) is 12.3 Å². The standard InChI is InChI=1S/C20H28OS/c1-15(2)12-13-20(4,5)19-18(7-6-14-21-19)22-17-10-8-16(3)9-11-17/h8-13,18-19H,1,6-7,14H2,2-5H3/b13-12+/t18-,19-/m0/s1. The molecule has 120 valence electrons. The molecular formula is C20H28OS. The molecule has 0 N–H and O–H groups in total. The van der Waals surface area contributed by atoms with Crippen LogP contribution in [0.4, 0.5) is 0 Å². The van der Waals surface area contributed by atoms with Crippen molar-refractivity contribution in [2.24, 2.45) is 5.41 Å². The minimum absolute atomic E-state index is 0.0156. The maximum Gasteiger partial charge on any atom is 0.0782 e. The Labute approximate surface area is 139 Å². The Morgan fingerprint density at radius 3 is 2.64 bits per heavy atom. The highest BCUT2D eigenvalue weighted by Crippen LogP contribution is 2.40. The molecule has 1 aliphatic rings. The van der Waals surface area contributed by atoms with Crippen LogP contribution in [-0.2, 0) is 4.74 Å². The molecule has 1 heterocycles. The molecule has 2 heteroatoms. The van der Waals surface area contributed by atoms with E-state index in [1.54, 1.807) is 0 Å². The van der Waals surface area contributed by atoms with E-state index in [2.05, 4.69) is 63.8 Å². The Morgan fingerprint density at radius 1 is 1.32 bits per heavy atom. The van der Waals surface area contributed by atoms with Gasteiger partial charge in [0, 0.05) is 22.2 Å². The third-order valence-electron chi connectivity index (χ3n) is 4.11. The summed E-state index contributed by atoms with van der Waals surface area (Å²) >= 11 is 1.96. The molecule has 1 fully saturated rings. The van der Waals surface area contributed by atoms with Gasteiger partial charge in [0.05, 0.1) is 6.10 Å². The zero-order valence-electron chi connectivity index (χ0n) is 14.3. The molecule has 0 aliphatic carbocycles. The van der Waals surface area contributed by atoms with E-state index in [-0.39, 0.29) is 11.5 Å². The number of allylic oxidation sites excluding steroid dienone is 2. The summed E-state index contributed by atoms with van der Waals surface area (Å²) in [5.41, 5.74) is 2.42. The Kier molecular flexibility index (Phi) is 5.94. The van der Waals surface area contributed by atoms with Crippen LogP contribution in [0.5, 0.6) is 0 Å². The Balaban J connectivity index is 2.13. The molecule has 0 aromatic heterocycles. The van der Waals surface area contributed by atoms with Crippen molar-refractivity contribution >= 4 is 11.8 Å². The second kappa shape index (κ2) is 7.52. The van der Waals surface area contributed by atoms with Gasteiger partial charge in [0.15, 0.2) is 0 Å². The predicted molar refractivity (Wildman–Crippen MR) is 97.5 cm³/mol. The van der Waals surface area contributed by atoms with Crippen molar-refractivity contribution in [2.75, 3.05) is 6.61 Å². The van der Waals surface area contributed by atoms with E-state index >= 15 is 0 Å². The van der Waals surface area contributed by atoms with Crippen LogP contribution in [0.3, 0.4) is 0 Å². The van der Waals surface area contributed by atoms with Gasteiger partial charge in [-0.15, -0.1) is 11.8 Å². The van der Waals surface area contributed by atoms with Gasteiger partial charge in [-0.2, -0.15) is 0 Å². The highest BCUT2D eigenvalue weighted by atomic mass is 32.2. The molecule has 0 radical (unpaired) electrons. The minimum Gasteiger partial charge on any atom is -0.376 e. The van der Waals surface area contributed by atoms with Crippen molar-refractivity contribution in [3.05, 3.63) is 54.1 Å². The van der Waals surface area contributed by atoms with Crippen LogP contribution < -0.4 is 0 Å². The van der Waals surface area contributed by atoms with Crippen LogP contribution in [0.1, 0.15) is 39.2 Å². The number of benzene rings is 1. The van der Waals surface area contributed by atoms with Gasteiger partial charge in [0.25, 0.3) is 0 Å². The number of thioether (sulfide) groups is 1. The van der Waals surface area contributed by atoms with Gasteiger partial charge in [-0.05, 0) is 38.8 Å². The van der Waals surface area contributed by atoms with Gasteiger partial charge < -0.3 is 4.74 Å². The summed E-state index contributed by atoms with van der Waals surface area (Å²) in [6.45, 7) is 13.5. The first kappa shape index (κ1) is 17.4. The fourth-order valence-electron chi connectivity index (χ4n) is 2.81. The largest absolute Gasteiger partial charge is 0.376 e. The second-order valence-electron chi connectivity index (χ2n) is 6.90. The lowest BCUT2D eigenvalue weighted by atomic mass is 9.81. The maximum atomic E-state index is 6.18. The van der Waals surface area contributed by atoms with Crippen LogP contribution in [0.15, 0.2) is 53.5 Å². The van der Waals surface area contributed by atoms with Gasteiger partial charge in [0.2, 0.25) is 0 Å². The minimum atomic E-state index is 0.0156. The lowest BCUT2D eigenvalue weighted by Gasteiger charge is -2.40. The van der Waals surface area contributed by atoms with Crippen molar-refractivity contribution in [1.29, 1.82) is 0 Å². The lowest BCUT2D eigenvalue weighted by Crippen LogP contribution is -2.42. The SMILES string of the molecule is C=C(C)/C=C/C(C)(C)[C@H]1OCCC[C@@H]1Sc1ccc(C)cc1. The molecule has 1 aliphatic heterocycles. The number of rotatable bonds is 5. The normalized spacial score (nSPS) is 22.9. The van der Waals surface area contributed by atoms with Gasteiger partial charge in [-0.3, -0.25) is 0 Å². The smallest absolute Gasteiger partial charge is 0.0782 e. The first-order chi connectivity index (χ1) is 10.4. The molecule has 0 spiro atoms. The molecule has 1 aromatic rings. The van der Waals surface area contributed by atoms with Crippen LogP contribution in [0.2, 0.25) is 0 Å². The molecular weight excluding hydrogens is 288 g/mol. The second-order valence-corrected chi connectivity index (χ2v) is 8.22. The van der Waals surface area contributed by atoms with E-state index < -0.39 is 0 Å². The number of aryl methyl sites for hydroxylation is 1. The summed E-state index contributed by atoms with van der Waals surface area (Å²) in [5, 5.41) is 0.501. The molecule has 1 aromatic carbocycles. The molecule has 0 saturated carbocycles. The summed E-state index contributed by atoms with van der Waals surface area (Å²) in [6, 6.07) is 8.82. The average Bonchev–Trinajstić information content (AvgIpc) is 2.48. The summed E-state index contributed by atoms with van der Waals surface area (Å²) in [7, 11) is 0. The molecule has 2 atom stereocenters. The van der Waals surface area contributed by atoms with Crippen molar-refractivity contribution in [2.45, 2.75) is 56.8 Å². The highest BCUT2D eigenvalue weighted by Gasteiger charge is 2.37.